The molecule has 0 saturated carbocycles. The average Bonchev–Trinajstić information content (AvgIpc) is 2.16. The number of hydrogen-bond acceptors (Lipinski definition) is 3. The zero-order valence-electron chi connectivity index (χ0n) is 12.6. The summed E-state index contributed by atoms with van der Waals surface area (Å²) in [5.74, 6) is 0. The summed E-state index contributed by atoms with van der Waals surface area (Å²) in [7, 11) is 2.24. The third-order valence-corrected chi connectivity index (χ3v) is 3.67. The quantitative estimate of drug-likeness (QED) is 0.807. The van der Waals surface area contributed by atoms with Crippen LogP contribution in [-0.4, -0.2) is 61.7 Å². The highest BCUT2D eigenvalue weighted by molar-refractivity contribution is 4.83. The summed E-state index contributed by atoms with van der Waals surface area (Å²) in [5, 5.41) is 3.41. The molecule has 0 aliphatic carbocycles. The standard InChI is InChI=1S/C14H31N3/c1-13(2,3)16(6)11-14(4,5)12-17-9-7-15-8-10-17/h15H,7-12H2,1-6H3. The Hall–Kier alpha value is -0.120. The van der Waals surface area contributed by atoms with Gasteiger partial charge in [0.25, 0.3) is 0 Å². The Morgan fingerprint density at radius 3 is 2.06 bits per heavy atom. The van der Waals surface area contributed by atoms with Crippen molar-refractivity contribution in [3.05, 3.63) is 0 Å². The fourth-order valence-corrected chi connectivity index (χ4v) is 2.40. The van der Waals surface area contributed by atoms with Gasteiger partial charge in [0.2, 0.25) is 0 Å². The molecule has 1 rings (SSSR count). The molecule has 1 N–H and O–H groups in total. The lowest BCUT2D eigenvalue weighted by atomic mass is 9.90. The van der Waals surface area contributed by atoms with Gasteiger partial charge in [-0.3, -0.25) is 0 Å². The summed E-state index contributed by atoms with van der Waals surface area (Å²) in [4.78, 5) is 5.06. The van der Waals surface area contributed by atoms with Crippen molar-refractivity contribution in [2.24, 2.45) is 5.41 Å². The van der Waals surface area contributed by atoms with Crippen molar-refractivity contribution in [3.8, 4) is 0 Å². The lowest BCUT2D eigenvalue weighted by Crippen LogP contribution is -2.51. The van der Waals surface area contributed by atoms with Gasteiger partial charge in [-0.25, -0.2) is 0 Å². The van der Waals surface area contributed by atoms with E-state index in [1.165, 1.54) is 19.6 Å². The molecule has 0 aromatic heterocycles. The molecule has 3 heteroatoms. The third kappa shape index (κ3) is 5.36. The molecule has 0 aromatic carbocycles. The summed E-state index contributed by atoms with van der Waals surface area (Å²) in [5.41, 5.74) is 0.625. The largest absolute Gasteiger partial charge is 0.314 e. The maximum absolute atomic E-state index is 3.41. The van der Waals surface area contributed by atoms with Crippen molar-refractivity contribution in [2.75, 3.05) is 46.3 Å². The van der Waals surface area contributed by atoms with Crippen LogP contribution in [0.3, 0.4) is 0 Å². The van der Waals surface area contributed by atoms with Crippen LogP contribution < -0.4 is 5.32 Å². The minimum atomic E-state index is 0.265. The van der Waals surface area contributed by atoms with Gasteiger partial charge in [-0.05, 0) is 33.2 Å². The van der Waals surface area contributed by atoms with Crippen molar-refractivity contribution in [3.63, 3.8) is 0 Å². The highest BCUT2D eigenvalue weighted by Crippen LogP contribution is 2.22. The lowest BCUT2D eigenvalue weighted by molar-refractivity contribution is 0.0799. The molecule has 0 unspecified atom stereocenters. The maximum atomic E-state index is 3.41. The third-order valence-electron chi connectivity index (χ3n) is 3.67. The molecule has 1 fully saturated rings. The number of piperazine rings is 1. The zero-order valence-corrected chi connectivity index (χ0v) is 12.6. The average molecular weight is 241 g/mol. The van der Waals surface area contributed by atoms with Crippen molar-refractivity contribution in [2.45, 2.75) is 40.2 Å². The normalized spacial score (nSPS) is 19.9. The summed E-state index contributed by atoms with van der Waals surface area (Å²) in [6.07, 6.45) is 0. The predicted molar refractivity (Wildman–Crippen MR) is 75.5 cm³/mol. The van der Waals surface area contributed by atoms with Gasteiger partial charge >= 0.3 is 0 Å². The van der Waals surface area contributed by atoms with Gasteiger partial charge in [0.05, 0.1) is 0 Å². The van der Waals surface area contributed by atoms with Crippen LogP contribution in [0, 0.1) is 5.41 Å². The monoisotopic (exact) mass is 241 g/mol. The maximum Gasteiger partial charge on any atom is 0.0122 e. The first kappa shape index (κ1) is 14.9. The molecule has 17 heavy (non-hydrogen) atoms. The molecule has 0 radical (unpaired) electrons. The zero-order chi connectivity index (χ0) is 13.1. The van der Waals surface area contributed by atoms with E-state index in [-0.39, 0.29) is 5.54 Å². The summed E-state index contributed by atoms with van der Waals surface area (Å²) >= 11 is 0. The van der Waals surface area contributed by atoms with E-state index in [1.54, 1.807) is 0 Å². The van der Waals surface area contributed by atoms with Crippen molar-refractivity contribution in [1.29, 1.82) is 0 Å². The second-order valence-electron chi connectivity index (χ2n) is 7.22. The van der Waals surface area contributed by atoms with Crippen LogP contribution in [0.1, 0.15) is 34.6 Å². The van der Waals surface area contributed by atoms with Gasteiger partial charge in [-0.2, -0.15) is 0 Å². The molecule has 0 amide bonds. The summed E-state index contributed by atoms with van der Waals surface area (Å²) in [6, 6.07) is 0. The minimum absolute atomic E-state index is 0.265. The van der Waals surface area contributed by atoms with E-state index in [1.807, 2.05) is 0 Å². The van der Waals surface area contributed by atoms with E-state index in [9.17, 15) is 0 Å². The topological polar surface area (TPSA) is 18.5 Å². The number of hydrogen-bond donors (Lipinski definition) is 1. The highest BCUT2D eigenvalue weighted by atomic mass is 15.2. The van der Waals surface area contributed by atoms with E-state index >= 15 is 0 Å². The van der Waals surface area contributed by atoms with Gasteiger partial charge in [-0.1, -0.05) is 13.8 Å². The van der Waals surface area contributed by atoms with Gasteiger partial charge < -0.3 is 15.1 Å². The van der Waals surface area contributed by atoms with Gasteiger partial charge in [-0.15, -0.1) is 0 Å². The van der Waals surface area contributed by atoms with Crippen molar-refractivity contribution >= 4 is 0 Å². The van der Waals surface area contributed by atoms with Crippen molar-refractivity contribution < 1.29 is 0 Å². The van der Waals surface area contributed by atoms with Gasteiger partial charge in [0.15, 0.2) is 0 Å². The molecule has 1 aliphatic heterocycles. The fraction of sp³-hybridized carbons (Fsp3) is 1.00. The van der Waals surface area contributed by atoms with E-state index in [4.69, 9.17) is 0 Å². The second-order valence-corrected chi connectivity index (χ2v) is 7.22. The Balaban J connectivity index is 2.44. The molecule has 1 saturated heterocycles. The molecular formula is C14H31N3. The first-order valence-electron chi connectivity index (χ1n) is 6.85. The Morgan fingerprint density at radius 1 is 1.06 bits per heavy atom. The molecule has 102 valence electrons. The number of nitrogens with zero attached hydrogens (tertiary/aromatic N) is 2. The Kier molecular flexibility index (Phi) is 4.99. The SMILES string of the molecule is CN(CC(C)(C)CN1CCNCC1)C(C)(C)C. The van der Waals surface area contributed by atoms with E-state index in [0.29, 0.717) is 5.41 Å². The molecule has 0 spiro atoms. The smallest absolute Gasteiger partial charge is 0.0122 e. The van der Waals surface area contributed by atoms with Gasteiger partial charge in [0, 0.05) is 44.8 Å². The minimum Gasteiger partial charge on any atom is -0.314 e. The molecule has 1 aliphatic rings. The van der Waals surface area contributed by atoms with E-state index in [2.05, 4.69) is 56.8 Å². The Morgan fingerprint density at radius 2 is 1.59 bits per heavy atom. The van der Waals surface area contributed by atoms with E-state index in [0.717, 1.165) is 19.6 Å². The van der Waals surface area contributed by atoms with Crippen LogP contribution in [0.5, 0.6) is 0 Å². The molecule has 0 atom stereocenters. The molecule has 0 aromatic rings. The first-order chi connectivity index (χ1) is 7.71. The fourth-order valence-electron chi connectivity index (χ4n) is 2.40. The van der Waals surface area contributed by atoms with Crippen LogP contribution in [0.4, 0.5) is 0 Å². The van der Waals surface area contributed by atoms with E-state index < -0.39 is 0 Å². The Bertz CT molecular complexity index is 224. The summed E-state index contributed by atoms with van der Waals surface area (Å²) in [6.45, 7) is 18.7. The van der Waals surface area contributed by atoms with Crippen LogP contribution in [0.15, 0.2) is 0 Å². The second kappa shape index (κ2) is 5.68. The van der Waals surface area contributed by atoms with Crippen LogP contribution in [0.2, 0.25) is 0 Å². The molecule has 1 heterocycles. The van der Waals surface area contributed by atoms with Crippen LogP contribution >= 0.6 is 0 Å². The molecule has 0 bridgehead atoms. The lowest BCUT2D eigenvalue weighted by Gasteiger charge is -2.41. The number of nitrogens with one attached hydrogen (secondary N) is 1. The van der Waals surface area contributed by atoms with Crippen molar-refractivity contribution in [1.82, 2.24) is 15.1 Å². The van der Waals surface area contributed by atoms with Crippen LogP contribution in [-0.2, 0) is 0 Å². The predicted octanol–water partition coefficient (Wildman–Crippen LogP) is 1.65. The van der Waals surface area contributed by atoms with Gasteiger partial charge in [0.1, 0.15) is 0 Å². The summed E-state index contributed by atoms with van der Waals surface area (Å²) < 4.78 is 0. The number of rotatable bonds is 4. The van der Waals surface area contributed by atoms with Crippen LogP contribution in [0.25, 0.3) is 0 Å². The highest BCUT2D eigenvalue weighted by Gasteiger charge is 2.28. The molecule has 3 nitrogen and oxygen atoms in total. The first-order valence-corrected chi connectivity index (χ1v) is 6.85. The Labute approximate surface area is 108 Å². The molecular weight excluding hydrogens is 210 g/mol.